The molecule has 0 fully saturated rings. The lowest BCUT2D eigenvalue weighted by Gasteiger charge is -2.06. The van der Waals surface area contributed by atoms with Gasteiger partial charge in [0.15, 0.2) is 0 Å². The van der Waals surface area contributed by atoms with E-state index in [0.29, 0.717) is 12.2 Å². The maximum absolute atomic E-state index is 11.9. The molecule has 0 aliphatic carbocycles. The number of rotatable bonds is 10. The highest BCUT2D eigenvalue weighted by molar-refractivity contribution is 5.95. The summed E-state index contributed by atoms with van der Waals surface area (Å²) in [7, 11) is 0. The van der Waals surface area contributed by atoms with Crippen LogP contribution in [0.5, 0.6) is 0 Å². The third kappa shape index (κ3) is 5.41. The van der Waals surface area contributed by atoms with Crippen LogP contribution < -0.4 is 5.32 Å². The molecule has 0 spiro atoms. The summed E-state index contributed by atoms with van der Waals surface area (Å²) >= 11 is 0. The number of aryl methyl sites for hydroxylation is 1. The van der Waals surface area contributed by atoms with E-state index in [1.807, 2.05) is 43.7 Å². The molecule has 3 rings (SSSR count). The van der Waals surface area contributed by atoms with Crippen LogP contribution in [0.4, 0.5) is 0 Å². The second kappa shape index (κ2) is 9.88. The fourth-order valence-corrected chi connectivity index (χ4v) is 3.20. The first kappa shape index (κ1) is 19.1. The molecule has 5 heteroatoms. The summed E-state index contributed by atoms with van der Waals surface area (Å²) in [4.78, 5) is 19.4. The fourth-order valence-electron chi connectivity index (χ4n) is 3.20. The Labute approximate surface area is 160 Å². The Hall–Kier alpha value is -2.66. The Morgan fingerprint density at radius 2 is 2.11 bits per heavy atom. The van der Waals surface area contributed by atoms with Crippen molar-refractivity contribution >= 4 is 16.9 Å². The van der Waals surface area contributed by atoms with Crippen molar-refractivity contribution in [1.82, 2.24) is 15.3 Å². The molecule has 3 aromatic rings. The van der Waals surface area contributed by atoms with Crippen LogP contribution in [-0.2, 0) is 17.6 Å². The highest BCUT2D eigenvalue weighted by Gasteiger charge is 2.10. The fraction of sp³-hybridized carbons (Fsp3) is 0.364. The Bertz CT molecular complexity index is 858. The molecule has 5 nitrogen and oxygen atoms in total. The largest absolute Gasteiger partial charge is 0.462 e. The summed E-state index contributed by atoms with van der Waals surface area (Å²) in [5, 5.41) is 4.61. The van der Waals surface area contributed by atoms with Crippen molar-refractivity contribution in [1.29, 1.82) is 0 Å². The van der Waals surface area contributed by atoms with E-state index in [-0.39, 0.29) is 5.97 Å². The first-order valence-electron chi connectivity index (χ1n) is 9.64. The molecule has 0 amide bonds. The van der Waals surface area contributed by atoms with E-state index in [1.54, 1.807) is 6.07 Å². The molecule has 27 heavy (non-hydrogen) atoms. The van der Waals surface area contributed by atoms with Gasteiger partial charge in [0, 0.05) is 29.5 Å². The number of nitrogens with zero attached hydrogens (tertiary/aromatic N) is 1. The summed E-state index contributed by atoms with van der Waals surface area (Å²) in [6.07, 6.45) is 10.1. The minimum atomic E-state index is -0.265. The van der Waals surface area contributed by atoms with Gasteiger partial charge < -0.3 is 15.0 Å². The summed E-state index contributed by atoms with van der Waals surface area (Å²) in [6, 6.07) is 9.79. The Morgan fingerprint density at radius 3 is 2.93 bits per heavy atom. The van der Waals surface area contributed by atoms with E-state index in [2.05, 4.69) is 21.4 Å². The van der Waals surface area contributed by atoms with E-state index in [4.69, 9.17) is 4.74 Å². The molecule has 2 aromatic heterocycles. The van der Waals surface area contributed by atoms with Gasteiger partial charge in [-0.1, -0.05) is 6.07 Å². The van der Waals surface area contributed by atoms with Gasteiger partial charge in [-0.15, -0.1) is 0 Å². The number of fused-ring (bicyclic) bond motifs is 1. The van der Waals surface area contributed by atoms with E-state index >= 15 is 0 Å². The summed E-state index contributed by atoms with van der Waals surface area (Å²) in [6.45, 7) is 4.14. The van der Waals surface area contributed by atoms with E-state index in [9.17, 15) is 4.79 Å². The molecule has 0 saturated carbocycles. The molecule has 0 bridgehead atoms. The quantitative estimate of drug-likeness (QED) is 0.422. The molecule has 0 atom stereocenters. The number of hydrogen-bond donors (Lipinski definition) is 2. The molecule has 0 aliphatic heterocycles. The minimum absolute atomic E-state index is 0.265. The lowest BCUT2D eigenvalue weighted by molar-refractivity contribution is 0.0526. The topological polar surface area (TPSA) is 67.0 Å². The maximum atomic E-state index is 11.9. The van der Waals surface area contributed by atoms with Crippen LogP contribution in [0.15, 0.2) is 48.9 Å². The van der Waals surface area contributed by atoms with Crippen molar-refractivity contribution in [3.63, 3.8) is 0 Å². The van der Waals surface area contributed by atoms with Crippen LogP contribution in [0.25, 0.3) is 10.9 Å². The van der Waals surface area contributed by atoms with Crippen LogP contribution in [0, 0.1) is 0 Å². The van der Waals surface area contributed by atoms with E-state index in [1.165, 1.54) is 11.1 Å². The second-order valence-electron chi connectivity index (χ2n) is 6.61. The predicted molar refractivity (Wildman–Crippen MR) is 108 cm³/mol. The van der Waals surface area contributed by atoms with Crippen LogP contribution in [0.3, 0.4) is 0 Å². The number of aromatic amines is 1. The zero-order valence-electron chi connectivity index (χ0n) is 15.8. The summed E-state index contributed by atoms with van der Waals surface area (Å²) in [5.41, 5.74) is 4.18. The number of nitrogens with one attached hydrogen (secondary N) is 2. The van der Waals surface area contributed by atoms with Crippen molar-refractivity contribution in [3.8, 4) is 0 Å². The summed E-state index contributed by atoms with van der Waals surface area (Å²) in [5.74, 6) is -0.265. The third-order valence-corrected chi connectivity index (χ3v) is 4.64. The number of ether oxygens (including phenoxy) is 1. The van der Waals surface area contributed by atoms with Gasteiger partial charge in [-0.05, 0) is 81.1 Å². The number of pyridine rings is 1. The molecule has 1 aromatic carbocycles. The average Bonchev–Trinajstić information content (AvgIpc) is 3.10. The number of H-pyrrole nitrogens is 1. The highest BCUT2D eigenvalue weighted by Crippen LogP contribution is 2.20. The summed E-state index contributed by atoms with van der Waals surface area (Å²) < 4.78 is 5.10. The molecular formula is C22H27N3O2. The normalized spacial score (nSPS) is 11.0. The number of unbranched alkanes of at least 4 members (excludes halogenated alkanes) is 1. The molecule has 0 radical (unpaired) electrons. The molecule has 0 saturated heterocycles. The molecular weight excluding hydrogens is 338 g/mol. The molecule has 142 valence electrons. The van der Waals surface area contributed by atoms with Gasteiger partial charge in [0.25, 0.3) is 0 Å². The van der Waals surface area contributed by atoms with Gasteiger partial charge in [-0.2, -0.15) is 0 Å². The molecule has 2 heterocycles. The monoisotopic (exact) mass is 365 g/mol. The zero-order valence-corrected chi connectivity index (χ0v) is 15.8. The van der Waals surface area contributed by atoms with Gasteiger partial charge in [0.1, 0.15) is 0 Å². The van der Waals surface area contributed by atoms with Crippen LogP contribution in [0.2, 0.25) is 0 Å². The number of esters is 1. The van der Waals surface area contributed by atoms with Crippen molar-refractivity contribution in [3.05, 3.63) is 65.6 Å². The highest BCUT2D eigenvalue weighted by atomic mass is 16.5. The number of aromatic nitrogens is 2. The maximum Gasteiger partial charge on any atom is 0.338 e. The second-order valence-corrected chi connectivity index (χ2v) is 6.61. The minimum Gasteiger partial charge on any atom is -0.462 e. The SMILES string of the molecule is CCOC(=O)c1ccc2[nH]cc(CCNCCCCc3cccnc3)c2c1. The Balaban J connectivity index is 1.43. The number of benzene rings is 1. The van der Waals surface area contributed by atoms with Crippen molar-refractivity contribution in [2.24, 2.45) is 0 Å². The van der Waals surface area contributed by atoms with Crippen molar-refractivity contribution in [2.45, 2.75) is 32.6 Å². The predicted octanol–water partition coefficient (Wildman–Crippen LogP) is 3.89. The van der Waals surface area contributed by atoms with Crippen molar-refractivity contribution < 1.29 is 9.53 Å². The van der Waals surface area contributed by atoms with Gasteiger partial charge in [-0.3, -0.25) is 4.98 Å². The van der Waals surface area contributed by atoms with Crippen molar-refractivity contribution in [2.75, 3.05) is 19.7 Å². The first-order valence-corrected chi connectivity index (χ1v) is 9.64. The third-order valence-electron chi connectivity index (χ3n) is 4.64. The lowest BCUT2D eigenvalue weighted by Crippen LogP contribution is -2.18. The lowest BCUT2D eigenvalue weighted by atomic mass is 10.1. The average molecular weight is 365 g/mol. The smallest absolute Gasteiger partial charge is 0.338 e. The zero-order chi connectivity index (χ0) is 18.9. The first-order chi connectivity index (χ1) is 13.3. The molecule has 0 unspecified atom stereocenters. The standard InChI is InChI=1S/C22H27N3O2/c1-2-27-22(26)18-8-9-21-20(14-18)19(16-25-21)10-13-23-11-4-3-6-17-7-5-12-24-15-17/h5,7-9,12,14-16,23,25H,2-4,6,10-11,13H2,1H3. The van der Waals surface area contributed by atoms with Gasteiger partial charge in [0.05, 0.1) is 12.2 Å². The van der Waals surface area contributed by atoms with Gasteiger partial charge >= 0.3 is 5.97 Å². The number of carbonyl (C=O) groups excluding carboxylic acids is 1. The van der Waals surface area contributed by atoms with E-state index in [0.717, 1.165) is 49.7 Å². The van der Waals surface area contributed by atoms with Crippen LogP contribution in [0.1, 0.15) is 41.3 Å². The molecule has 0 aliphatic rings. The Kier molecular flexibility index (Phi) is 6.99. The molecule has 2 N–H and O–H groups in total. The number of hydrogen-bond acceptors (Lipinski definition) is 4. The van der Waals surface area contributed by atoms with E-state index < -0.39 is 0 Å². The van der Waals surface area contributed by atoms with Crippen LogP contribution in [-0.4, -0.2) is 35.6 Å². The number of carbonyl (C=O) groups is 1. The van der Waals surface area contributed by atoms with Gasteiger partial charge in [0.2, 0.25) is 0 Å². The van der Waals surface area contributed by atoms with Crippen LogP contribution >= 0.6 is 0 Å². The Morgan fingerprint density at radius 1 is 1.19 bits per heavy atom. The van der Waals surface area contributed by atoms with Gasteiger partial charge in [-0.25, -0.2) is 4.79 Å².